The number of nitrogens with one attached hydrogen (secondary N) is 1. The first-order valence-corrected chi connectivity index (χ1v) is 7.34. The zero-order chi connectivity index (χ0) is 16.7. The Morgan fingerprint density at radius 2 is 1.65 bits per heavy atom. The van der Waals surface area contributed by atoms with Crippen LogP contribution >= 0.6 is 0 Å². The molecule has 0 saturated carbocycles. The zero-order valence-electron chi connectivity index (χ0n) is 12.5. The highest BCUT2D eigenvalue weighted by Gasteiger charge is 2.15. The second kappa shape index (κ2) is 8.19. The predicted octanol–water partition coefficient (Wildman–Crippen LogP) is 2.64. The first kappa shape index (κ1) is 16.8. The molecule has 0 spiro atoms. The lowest BCUT2D eigenvalue weighted by Crippen LogP contribution is -2.30. The van der Waals surface area contributed by atoms with E-state index in [9.17, 15) is 19.1 Å². The Labute approximate surface area is 134 Å². The number of ketones is 1. The van der Waals surface area contributed by atoms with Crippen molar-refractivity contribution in [1.29, 1.82) is 0 Å². The molecule has 0 radical (unpaired) electrons. The van der Waals surface area contributed by atoms with Crippen LogP contribution in [-0.2, 0) is 4.79 Å². The molecule has 0 saturated heterocycles. The summed E-state index contributed by atoms with van der Waals surface area (Å²) >= 11 is 0. The van der Waals surface area contributed by atoms with Gasteiger partial charge in [0, 0.05) is 18.4 Å². The summed E-state index contributed by atoms with van der Waals surface area (Å²) in [6, 6.07) is 13.8. The van der Waals surface area contributed by atoms with Gasteiger partial charge in [-0.2, -0.15) is 0 Å². The van der Waals surface area contributed by atoms with Crippen LogP contribution in [0.25, 0.3) is 0 Å². The Morgan fingerprint density at radius 1 is 1.00 bits per heavy atom. The minimum atomic E-state index is -0.496. The van der Waals surface area contributed by atoms with Crippen molar-refractivity contribution in [3.8, 4) is 0 Å². The Bertz CT molecular complexity index is 656. The molecule has 0 aliphatic carbocycles. The summed E-state index contributed by atoms with van der Waals surface area (Å²) in [4.78, 5) is 23.9. The summed E-state index contributed by atoms with van der Waals surface area (Å²) in [5.41, 5.74) is 1.18. The molecule has 4 nitrogen and oxygen atoms in total. The van der Waals surface area contributed by atoms with Crippen molar-refractivity contribution in [3.63, 3.8) is 0 Å². The molecule has 1 amide bonds. The molecule has 0 heterocycles. The van der Waals surface area contributed by atoms with Crippen molar-refractivity contribution >= 4 is 11.7 Å². The van der Waals surface area contributed by atoms with Gasteiger partial charge in [0.15, 0.2) is 5.78 Å². The average Bonchev–Trinajstić information content (AvgIpc) is 2.59. The lowest BCUT2D eigenvalue weighted by molar-refractivity contribution is -0.122. The molecule has 1 unspecified atom stereocenters. The molecule has 0 aromatic heterocycles. The van der Waals surface area contributed by atoms with Crippen LogP contribution in [0.4, 0.5) is 4.39 Å². The third kappa shape index (κ3) is 5.00. The summed E-state index contributed by atoms with van der Waals surface area (Å²) in [7, 11) is 0. The molecule has 0 aliphatic rings. The van der Waals surface area contributed by atoms with E-state index >= 15 is 0 Å². The number of aliphatic hydroxyl groups excluding tert-OH is 1. The van der Waals surface area contributed by atoms with Gasteiger partial charge in [-0.05, 0) is 29.8 Å². The largest absolute Gasteiger partial charge is 0.394 e. The summed E-state index contributed by atoms with van der Waals surface area (Å²) in [6.45, 7) is -0.221. The second-order valence-electron chi connectivity index (χ2n) is 5.14. The number of carbonyl (C=O) groups excluding carboxylic acids is 2. The number of rotatable bonds is 7. The molecule has 0 bridgehead atoms. The Kier molecular flexibility index (Phi) is 6.00. The molecule has 1 atom stereocenters. The van der Waals surface area contributed by atoms with Gasteiger partial charge < -0.3 is 10.4 Å². The van der Waals surface area contributed by atoms with Crippen molar-refractivity contribution < 1.29 is 19.1 Å². The molecule has 120 valence electrons. The van der Waals surface area contributed by atoms with Crippen LogP contribution < -0.4 is 5.32 Å². The lowest BCUT2D eigenvalue weighted by Gasteiger charge is -2.16. The molecule has 5 heteroatoms. The SMILES string of the molecule is O=C(CCC(=O)c1ccc(F)cc1)NC(CO)c1ccccc1. The number of halogens is 1. The average molecular weight is 315 g/mol. The number of benzene rings is 2. The minimum absolute atomic E-state index is 0.0134. The molecular weight excluding hydrogens is 297 g/mol. The van der Waals surface area contributed by atoms with E-state index in [-0.39, 0.29) is 31.1 Å². The number of Topliss-reactive ketones (excluding diaryl/α,β-unsaturated/α-hetero) is 1. The van der Waals surface area contributed by atoms with E-state index in [1.165, 1.54) is 24.3 Å². The van der Waals surface area contributed by atoms with E-state index in [1.54, 1.807) is 0 Å². The van der Waals surface area contributed by atoms with Crippen LogP contribution in [-0.4, -0.2) is 23.4 Å². The number of aliphatic hydroxyl groups is 1. The Morgan fingerprint density at radius 3 is 2.26 bits per heavy atom. The smallest absolute Gasteiger partial charge is 0.221 e. The molecule has 2 N–H and O–H groups in total. The number of hydrogen-bond acceptors (Lipinski definition) is 3. The molecule has 2 aromatic rings. The van der Waals surface area contributed by atoms with Gasteiger partial charge >= 0.3 is 0 Å². The van der Waals surface area contributed by atoms with Crippen LogP contribution in [0.3, 0.4) is 0 Å². The summed E-state index contributed by atoms with van der Waals surface area (Å²) in [5, 5.41) is 12.1. The van der Waals surface area contributed by atoms with Gasteiger partial charge in [-0.3, -0.25) is 9.59 Å². The highest BCUT2D eigenvalue weighted by molar-refractivity contribution is 5.97. The fourth-order valence-electron chi connectivity index (χ4n) is 2.19. The first-order valence-electron chi connectivity index (χ1n) is 7.34. The molecule has 23 heavy (non-hydrogen) atoms. The van der Waals surface area contributed by atoms with Gasteiger partial charge in [-0.25, -0.2) is 4.39 Å². The molecular formula is C18H18FNO3. The normalized spacial score (nSPS) is 11.7. The van der Waals surface area contributed by atoms with E-state index in [0.717, 1.165) is 5.56 Å². The van der Waals surface area contributed by atoms with E-state index in [2.05, 4.69) is 5.32 Å². The minimum Gasteiger partial charge on any atom is -0.394 e. The zero-order valence-corrected chi connectivity index (χ0v) is 12.5. The molecule has 2 rings (SSSR count). The number of amides is 1. The monoisotopic (exact) mass is 315 g/mol. The van der Waals surface area contributed by atoms with Crippen LogP contribution in [0.2, 0.25) is 0 Å². The van der Waals surface area contributed by atoms with Crippen LogP contribution in [0.1, 0.15) is 34.8 Å². The second-order valence-corrected chi connectivity index (χ2v) is 5.14. The van der Waals surface area contributed by atoms with Crippen molar-refractivity contribution in [3.05, 3.63) is 71.5 Å². The quantitative estimate of drug-likeness (QED) is 0.772. The molecule has 2 aromatic carbocycles. The van der Waals surface area contributed by atoms with Gasteiger partial charge in [-0.1, -0.05) is 30.3 Å². The maximum atomic E-state index is 12.8. The number of carbonyl (C=O) groups is 2. The van der Waals surface area contributed by atoms with Crippen molar-refractivity contribution in [1.82, 2.24) is 5.32 Å². The Hall–Kier alpha value is -2.53. The first-order chi connectivity index (χ1) is 11.1. The summed E-state index contributed by atoms with van der Waals surface area (Å²) < 4.78 is 12.8. The van der Waals surface area contributed by atoms with Gasteiger partial charge in [0.2, 0.25) is 5.91 Å². The van der Waals surface area contributed by atoms with Gasteiger partial charge in [0.05, 0.1) is 12.6 Å². The standard InChI is InChI=1S/C18H18FNO3/c19-15-8-6-14(7-9-15)17(22)10-11-18(23)20-16(12-21)13-4-2-1-3-5-13/h1-9,16,21H,10-12H2,(H,20,23). The summed E-state index contributed by atoms with van der Waals surface area (Å²) in [5.74, 6) is -0.947. The summed E-state index contributed by atoms with van der Waals surface area (Å²) in [6.07, 6.45) is 0.0456. The van der Waals surface area contributed by atoms with E-state index in [0.29, 0.717) is 5.56 Å². The van der Waals surface area contributed by atoms with Gasteiger partial charge in [0.1, 0.15) is 5.82 Å². The van der Waals surface area contributed by atoms with E-state index in [1.807, 2.05) is 30.3 Å². The predicted molar refractivity (Wildman–Crippen MR) is 84.4 cm³/mol. The van der Waals surface area contributed by atoms with Crippen LogP contribution in [0.5, 0.6) is 0 Å². The Balaban J connectivity index is 1.87. The van der Waals surface area contributed by atoms with Crippen LogP contribution in [0, 0.1) is 5.82 Å². The highest BCUT2D eigenvalue weighted by atomic mass is 19.1. The van der Waals surface area contributed by atoms with E-state index < -0.39 is 11.9 Å². The fraction of sp³-hybridized carbons (Fsp3) is 0.222. The molecule has 0 fully saturated rings. The maximum Gasteiger partial charge on any atom is 0.221 e. The third-order valence-corrected chi connectivity index (χ3v) is 3.47. The number of hydrogen-bond donors (Lipinski definition) is 2. The lowest BCUT2D eigenvalue weighted by atomic mass is 10.1. The van der Waals surface area contributed by atoms with Crippen molar-refractivity contribution in [2.24, 2.45) is 0 Å². The topological polar surface area (TPSA) is 66.4 Å². The third-order valence-electron chi connectivity index (χ3n) is 3.47. The molecule has 0 aliphatic heterocycles. The fourth-order valence-corrected chi connectivity index (χ4v) is 2.19. The van der Waals surface area contributed by atoms with Gasteiger partial charge in [0.25, 0.3) is 0 Å². The van der Waals surface area contributed by atoms with Crippen LogP contribution in [0.15, 0.2) is 54.6 Å². The maximum absolute atomic E-state index is 12.8. The van der Waals surface area contributed by atoms with Gasteiger partial charge in [-0.15, -0.1) is 0 Å². The van der Waals surface area contributed by atoms with Crippen molar-refractivity contribution in [2.75, 3.05) is 6.61 Å². The highest BCUT2D eigenvalue weighted by Crippen LogP contribution is 2.12. The van der Waals surface area contributed by atoms with E-state index in [4.69, 9.17) is 0 Å². The van der Waals surface area contributed by atoms with Crippen molar-refractivity contribution in [2.45, 2.75) is 18.9 Å².